The summed E-state index contributed by atoms with van der Waals surface area (Å²) in [4.78, 5) is 8.59. The van der Waals surface area contributed by atoms with Crippen molar-refractivity contribution in [2.45, 2.75) is 12.6 Å². The number of para-hydroxylation sites is 1. The van der Waals surface area contributed by atoms with Crippen LogP contribution in [0.4, 0.5) is 5.95 Å². The van der Waals surface area contributed by atoms with Gasteiger partial charge in [-0.3, -0.25) is 0 Å². The standard InChI is InChI=1S/C11H8N4O/c1-2-4-8-7(3-1)6-12-11-13-9-5-10(16-8)15(11)14-9/h1-4,6,10H,5H2/b12-6-. The molecule has 2 aliphatic heterocycles. The second-order valence-corrected chi connectivity index (χ2v) is 3.85. The Morgan fingerprint density at radius 2 is 2.25 bits per heavy atom. The van der Waals surface area contributed by atoms with Crippen molar-refractivity contribution in [2.24, 2.45) is 4.99 Å². The van der Waals surface area contributed by atoms with E-state index < -0.39 is 0 Å². The molecule has 2 aliphatic rings. The summed E-state index contributed by atoms with van der Waals surface area (Å²) in [6, 6.07) is 7.84. The van der Waals surface area contributed by atoms with Gasteiger partial charge in [-0.15, -0.1) is 0 Å². The van der Waals surface area contributed by atoms with E-state index in [9.17, 15) is 0 Å². The average Bonchev–Trinajstić information content (AvgIpc) is 2.85. The quantitative estimate of drug-likeness (QED) is 0.664. The summed E-state index contributed by atoms with van der Waals surface area (Å²) in [7, 11) is 0. The molecule has 0 radical (unpaired) electrons. The van der Waals surface area contributed by atoms with Crippen LogP contribution in [0.1, 0.15) is 17.6 Å². The molecule has 2 aromatic rings. The Kier molecular flexibility index (Phi) is 1.35. The minimum absolute atomic E-state index is 0.0823. The Balaban J connectivity index is 1.93. The molecule has 1 aromatic heterocycles. The Morgan fingerprint density at radius 1 is 1.31 bits per heavy atom. The summed E-state index contributed by atoms with van der Waals surface area (Å²) in [5, 5.41) is 4.27. The van der Waals surface area contributed by atoms with Crippen LogP contribution in [0.25, 0.3) is 0 Å². The van der Waals surface area contributed by atoms with E-state index in [1.165, 1.54) is 0 Å². The number of nitrogens with zero attached hydrogens (tertiary/aromatic N) is 4. The zero-order chi connectivity index (χ0) is 10.5. The average molecular weight is 212 g/mol. The highest BCUT2D eigenvalue weighted by Crippen LogP contribution is 2.32. The summed E-state index contributed by atoms with van der Waals surface area (Å²) >= 11 is 0. The van der Waals surface area contributed by atoms with Crippen LogP contribution in [-0.4, -0.2) is 21.0 Å². The highest BCUT2D eigenvalue weighted by atomic mass is 16.5. The van der Waals surface area contributed by atoms with E-state index in [0.717, 1.165) is 23.6 Å². The van der Waals surface area contributed by atoms with E-state index in [-0.39, 0.29) is 6.23 Å². The fraction of sp³-hybridized carbons (Fsp3) is 0.182. The monoisotopic (exact) mass is 212 g/mol. The topological polar surface area (TPSA) is 52.3 Å². The Hall–Kier alpha value is -2.17. The molecule has 2 bridgehead atoms. The van der Waals surface area contributed by atoms with Gasteiger partial charge in [0.05, 0.1) is 6.42 Å². The maximum Gasteiger partial charge on any atom is 0.251 e. The third-order valence-electron chi connectivity index (χ3n) is 2.79. The summed E-state index contributed by atoms with van der Waals surface area (Å²) in [5.74, 6) is 2.27. The molecule has 3 heterocycles. The largest absolute Gasteiger partial charge is 0.467 e. The fourth-order valence-electron chi connectivity index (χ4n) is 2.03. The van der Waals surface area contributed by atoms with Gasteiger partial charge >= 0.3 is 0 Å². The van der Waals surface area contributed by atoms with Gasteiger partial charge in [0.1, 0.15) is 5.75 Å². The van der Waals surface area contributed by atoms with E-state index in [1.807, 2.05) is 24.3 Å². The smallest absolute Gasteiger partial charge is 0.251 e. The third kappa shape index (κ3) is 0.970. The Morgan fingerprint density at radius 3 is 3.19 bits per heavy atom. The van der Waals surface area contributed by atoms with Crippen LogP contribution in [0, 0.1) is 0 Å². The second kappa shape index (κ2) is 2.69. The van der Waals surface area contributed by atoms with Gasteiger partial charge in [-0.05, 0) is 12.1 Å². The molecule has 0 fully saturated rings. The van der Waals surface area contributed by atoms with Crippen molar-refractivity contribution in [2.75, 3.05) is 0 Å². The predicted octanol–water partition coefficient (Wildman–Crippen LogP) is 1.48. The van der Waals surface area contributed by atoms with Gasteiger partial charge in [-0.25, -0.2) is 4.99 Å². The molecule has 0 aliphatic carbocycles. The van der Waals surface area contributed by atoms with E-state index in [4.69, 9.17) is 4.74 Å². The first-order valence-corrected chi connectivity index (χ1v) is 5.15. The molecule has 16 heavy (non-hydrogen) atoms. The van der Waals surface area contributed by atoms with E-state index in [0.29, 0.717) is 5.95 Å². The predicted molar refractivity (Wildman–Crippen MR) is 57.1 cm³/mol. The third-order valence-corrected chi connectivity index (χ3v) is 2.79. The molecular weight excluding hydrogens is 204 g/mol. The van der Waals surface area contributed by atoms with Crippen LogP contribution >= 0.6 is 0 Å². The lowest BCUT2D eigenvalue weighted by Crippen LogP contribution is -2.18. The molecule has 1 atom stereocenters. The minimum Gasteiger partial charge on any atom is -0.467 e. The summed E-state index contributed by atoms with van der Waals surface area (Å²) in [6.45, 7) is 0. The van der Waals surface area contributed by atoms with Gasteiger partial charge in [-0.2, -0.15) is 14.8 Å². The fourth-order valence-corrected chi connectivity index (χ4v) is 2.03. The van der Waals surface area contributed by atoms with Gasteiger partial charge in [-0.1, -0.05) is 12.1 Å². The van der Waals surface area contributed by atoms with Crippen LogP contribution in [-0.2, 0) is 6.42 Å². The highest BCUT2D eigenvalue weighted by Gasteiger charge is 2.30. The first-order valence-electron chi connectivity index (χ1n) is 5.15. The van der Waals surface area contributed by atoms with Crippen LogP contribution in [0.5, 0.6) is 5.75 Å². The molecule has 0 saturated carbocycles. The summed E-state index contributed by atoms with van der Waals surface area (Å²) in [5.41, 5.74) is 0.977. The zero-order valence-corrected chi connectivity index (χ0v) is 8.37. The highest BCUT2D eigenvalue weighted by molar-refractivity contribution is 5.85. The first kappa shape index (κ1) is 8.04. The van der Waals surface area contributed by atoms with Gasteiger partial charge in [0, 0.05) is 11.8 Å². The molecule has 4 rings (SSSR count). The number of aromatic nitrogens is 3. The van der Waals surface area contributed by atoms with Crippen molar-refractivity contribution in [3.8, 4) is 5.75 Å². The number of aliphatic imine (C=N–C) groups is 1. The van der Waals surface area contributed by atoms with Crippen molar-refractivity contribution < 1.29 is 4.74 Å². The van der Waals surface area contributed by atoms with Crippen LogP contribution in [0.15, 0.2) is 29.3 Å². The molecule has 0 saturated heterocycles. The van der Waals surface area contributed by atoms with Crippen molar-refractivity contribution in [1.29, 1.82) is 0 Å². The van der Waals surface area contributed by atoms with Crippen molar-refractivity contribution in [3.63, 3.8) is 0 Å². The number of benzene rings is 1. The first-order chi connectivity index (χ1) is 7.90. The molecule has 1 unspecified atom stereocenters. The van der Waals surface area contributed by atoms with Crippen molar-refractivity contribution >= 4 is 12.2 Å². The molecule has 0 spiro atoms. The lowest BCUT2D eigenvalue weighted by Gasteiger charge is -2.19. The van der Waals surface area contributed by atoms with Gasteiger partial charge in [0.25, 0.3) is 5.95 Å². The van der Waals surface area contributed by atoms with Crippen LogP contribution in [0.3, 0.4) is 0 Å². The van der Waals surface area contributed by atoms with Crippen molar-refractivity contribution in [1.82, 2.24) is 14.8 Å². The Bertz CT molecular complexity index is 602. The number of fused-ring (bicyclic) bond motifs is 2. The van der Waals surface area contributed by atoms with Crippen molar-refractivity contribution in [3.05, 3.63) is 35.7 Å². The molecular formula is C11H8N4O. The number of rotatable bonds is 0. The maximum absolute atomic E-state index is 5.90. The van der Waals surface area contributed by atoms with Crippen LogP contribution in [0.2, 0.25) is 0 Å². The molecule has 1 aromatic carbocycles. The van der Waals surface area contributed by atoms with E-state index >= 15 is 0 Å². The van der Waals surface area contributed by atoms with Gasteiger partial charge in [0.15, 0.2) is 5.82 Å². The number of hydrogen-bond acceptors (Lipinski definition) is 4. The minimum atomic E-state index is -0.0823. The normalized spacial score (nSPS) is 21.9. The van der Waals surface area contributed by atoms with E-state index in [2.05, 4.69) is 15.1 Å². The molecule has 0 amide bonds. The molecule has 5 heteroatoms. The van der Waals surface area contributed by atoms with Gasteiger partial charge in [0.2, 0.25) is 6.23 Å². The second-order valence-electron chi connectivity index (χ2n) is 3.85. The Labute approximate surface area is 91.4 Å². The number of hydrogen-bond donors (Lipinski definition) is 0. The number of ether oxygens (including phenoxy) is 1. The lowest BCUT2D eigenvalue weighted by atomic mass is 10.2. The van der Waals surface area contributed by atoms with Crippen LogP contribution < -0.4 is 4.74 Å². The molecule has 78 valence electrons. The molecule has 0 N–H and O–H groups in total. The van der Waals surface area contributed by atoms with E-state index in [1.54, 1.807) is 10.9 Å². The zero-order valence-electron chi connectivity index (χ0n) is 8.37. The lowest BCUT2D eigenvalue weighted by molar-refractivity contribution is 0.132. The summed E-state index contributed by atoms with van der Waals surface area (Å²) < 4.78 is 7.64. The molecule has 5 nitrogen and oxygen atoms in total. The van der Waals surface area contributed by atoms with Gasteiger partial charge < -0.3 is 4.74 Å². The summed E-state index contributed by atoms with van der Waals surface area (Å²) in [6.07, 6.45) is 2.41. The maximum atomic E-state index is 5.90. The SMILES string of the molecule is C1=N\c2nc3nn2C(C3)Oc2ccccc2/1.